The molecule has 1 atom stereocenters. The van der Waals surface area contributed by atoms with Gasteiger partial charge in [-0.3, -0.25) is 4.79 Å². The summed E-state index contributed by atoms with van der Waals surface area (Å²) in [5.41, 5.74) is 4.11. The Balaban J connectivity index is 1.80. The van der Waals surface area contributed by atoms with Crippen molar-refractivity contribution in [3.8, 4) is 0 Å². The van der Waals surface area contributed by atoms with Gasteiger partial charge in [-0.05, 0) is 36.0 Å². The topological polar surface area (TPSA) is 51.0 Å². The number of hydrogen-bond donors (Lipinski definition) is 0. The van der Waals surface area contributed by atoms with Gasteiger partial charge in [-0.2, -0.15) is 5.10 Å². The van der Waals surface area contributed by atoms with Crippen LogP contribution in [-0.2, 0) is 17.8 Å². The highest BCUT2D eigenvalue weighted by molar-refractivity contribution is 5.80. The first kappa shape index (κ1) is 14.8. The second-order valence-electron chi connectivity index (χ2n) is 6.20. The van der Waals surface area contributed by atoms with Crippen LogP contribution in [0.5, 0.6) is 0 Å². The molecule has 2 aromatic rings. The maximum absolute atomic E-state index is 12.7. The molecule has 0 N–H and O–H groups in total. The van der Waals surface area contributed by atoms with E-state index in [-0.39, 0.29) is 11.9 Å². The van der Waals surface area contributed by atoms with Crippen LogP contribution in [-0.4, -0.2) is 32.1 Å². The minimum atomic E-state index is -0.308. The summed E-state index contributed by atoms with van der Waals surface area (Å²) in [6.45, 7) is 7.78. The molecule has 22 heavy (non-hydrogen) atoms. The van der Waals surface area contributed by atoms with Crippen molar-refractivity contribution in [2.45, 2.75) is 45.7 Å². The molecule has 5 heteroatoms. The molecule has 1 aromatic carbocycles. The molecule has 1 aromatic heterocycles. The zero-order valence-electron chi connectivity index (χ0n) is 13.4. The van der Waals surface area contributed by atoms with Crippen molar-refractivity contribution in [1.82, 2.24) is 19.7 Å². The second kappa shape index (κ2) is 5.91. The molecule has 0 fully saturated rings. The molecule has 0 spiro atoms. The van der Waals surface area contributed by atoms with Crippen molar-refractivity contribution in [2.24, 2.45) is 0 Å². The first-order valence-electron chi connectivity index (χ1n) is 7.81. The van der Waals surface area contributed by atoms with Gasteiger partial charge in [-0.15, -0.1) is 0 Å². The van der Waals surface area contributed by atoms with Gasteiger partial charge in [0.05, 0.1) is 0 Å². The molecule has 0 saturated heterocycles. The van der Waals surface area contributed by atoms with Gasteiger partial charge in [0, 0.05) is 13.1 Å². The highest BCUT2D eigenvalue weighted by Gasteiger charge is 2.27. The van der Waals surface area contributed by atoms with Gasteiger partial charge in [0.1, 0.15) is 18.7 Å². The standard InChI is InChI=1S/C17H22N4O/c1-12(2)15-6-4-5-14-9-20(8-7-16(14)15)17(22)13(3)21-11-18-10-19-21/h4-6,10-13H,7-9H2,1-3H3. The molecular formula is C17H22N4O. The number of aromatic nitrogens is 3. The lowest BCUT2D eigenvalue weighted by Crippen LogP contribution is -2.40. The predicted molar refractivity (Wildman–Crippen MR) is 84.4 cm³/mol. The summed E-state index contributed by atoms with van der Waals surface area (Å²) in [7, 11) is 0. The Kier molecular flexibility index (Phi) is 3.96. The fraction of sp³-hybridized carbons (Fsp3) is 0.471. The lowest BCUT2D eigenvalue weighted by Gasteiger charge is -2.32. The third kappa shape index (κ3) is 2.63. The van der Waals surface area contributed by atoms with Crippen LogP contribution in [0.2, 0.25) is 0 Å². The van der Waals surface area contributed by atoms with Crippen LogP contribution in [0.3, 0.4) is 0 Å². The van der Waals surface area contributed by atoms with Gasteiger partial charge >= 0.3 is 0 Å². The zero-order valence-corrected chi connectivity index (χ0v) is 13.4. The lowest BCUT2D eigenvalue weighted by molar-refractivity contribution is -0.135. The fourth-order valence-corrected chi connectivity index (χ4v) is 3.16. The van der Waals surface area contributed by atoms with E-state index in [0.717, 1.165) is 13.0 Å². The molecule has 3 rings (SSSR count). The van der Waals surface area contributed by atoms with E-state index < -0.39 is 0 Å². The average molecular weight is 298 g/mol. The summed E-state index contributed by atoms with van der Waals surface area (Å²) >= 11 is 0. The molecule has 1 aliphatic heterocycles. The van der Waals surface area contributed by atoms with E-state index in [4.69, 9.17) is 0 Å². The number of amides is 1. The van der Waals surface area contributed by atoms with E-state index in [0.29, 0.717) is 12.5 Å². The number of rotatable bonds is 3. The summed E-state index contributed by atoms with van der Waals surface area (Å²) in [4.78, 5) is 18.5. The number of nitrogens with zero attached hydrogens (tertiary/aromatic N) is 4. The fourth-order valence-electron chi connectivity index (χ4n) is 3.16. The van der Waals surface area contributed by atoms with E-state index in [1.54, 1.807) is 11.0 Å². The molecule has 1 unspecified atom stereocenters. The third-order valence-electron chi connectivity index (χ3n) is 4.43. The maximum atomic E-state index is 12.7. The molecule has 2 heterocycles. The van der Waals surface area contributed by atoms with Gasteiger partial charge in [0.15, 0.2) is 0 Å². The van der Waals surface area contributed by atoms with Crippen molar-refractivity contribution >= 4 is 5.91 Å². The Labute approximate surface area is 131 Å². The van der Waals surface area contributed by atoms with Crippen molar-refractivity contribution in [1.29, 1.82) is 0 Å². The molecule has 0 radical (unpaired) electrons. The summed E-state index contributed by atoms with van der Waals surface area (Å²) in [6, 6.07) is 6.14. The van der Waals surface area contributed by atoms with Crippen LogP contribution >= 0.6 is 0 Å². The Morgan fingerprint density at radius 3 is 2.77 bits per heavy atom. The van der Waals surface area contributed by atoms with Gasteiger partial charge < -0.3 is 4.90 Å². The predicted octanol–water partition coefficient (Wildman–Crippen LogP) is 2.55. The molecule has 0 aliphatic carbocycles. The molecular weight excluding hydrogens is 276 g/mol. The summed E-state index contributed by atoms with van der Waals surface area (Å²) in [5.74, 6) is 0.623. The lowest BCUT2D eigenvalue weighted by atomic mass is 9.89. The van der Waals surface area contributed by atoms with E-state index in [2.05, 4.69) is 42.1 Å². The third-order valence-corrected chi connectivity index (χ3v) is 4.43. The Hall–Kier alpha value is -2.17. The molecule has 5 nitrogen and oxygen atoms in total. The van der Waals surface area contributed by atoms with Crippen LogP contribution in [0, 0.1) is 0 Å². The van der Waals surface area contributed by atoms with Gasteiger partial charge in [0.25, 0.3) is 0 Å². The SMILES string of the molecule is CC(C)c1cccc2c1CCN(C(=O)C(C)n1cncn1)C2. The Bertz CT molecular complexity index is 663. The summed E-state index contributed by atoms with van der Waals surface area (Å²) in [6.07, 6.45) is 3.99. The minimum absolute atomic E-state index is 0.103. The summed E-state index contributed by atoms with van der Waals surface area (Å²) in [5, 5.41) is 4.07. The van der Waals surface area contributed by atoms with Crippen LogP contribution in [0.4, 0.5) is 0 Å². The number of carbonyl (C=O) groups excluding carboxylic acids is 1. The van der Waals surface area contributed by atoms with Gasteiger partial charge in [-0.25, -0.2) is 9.67 Å². The van der Waals surface area contributed by atoms with E-state index >= 15 is 0 Å². The molecule has 0 bridgehead atoms. The maximum Gasteiger partial charge on any atom is 0.247 e. The van der Waals surface area contributed by atoms with Crippen LogP contribution in [0.1, 0.15) is 49.4 Å². The highest BCUT2D eigenvalue weighted by atomic mass is 16.2. The van der Waals surface area contributed by atoms with Crippen molar-refractivity contribution < 1.29 is 4.79 Å². The second-order valence-corrected chi connectivity index (χ2v) is 6.20. The van der Waals surface area contributed by atoms with E-state index in [9.17, 15) is 4.79 Å². The number of hydrogen-bond acceptors (Lipinski definition) is 3. The highest BCUT2D eigenvalue weighted by Crippen LogP contribution is 2.28. The normalized spacial score (nSPS) is 15.7. The first-order chi connectivity index (χ1) is 10.6. The van der Waals surface area contributed by atoms with E-state index in [1.807, 2.05) is 11.8 Å². The van der Waals surface area contributed by atoms with Crippen molar-refractivity contribution in [2.75, 3.05) is 6.54 Å². The quantitative estimate of drug-likeness (QED) is 0.875. The van der Waals surface area contributed by atoms with Crippen molar-refractivity contribution in [3.05, 3.63) is 47.5 Å². The van der Waals surface area contributed by atoms with Crippen molar-refractivity contribution in [3.63, 3.8) is 0 Å². The smallest absolute Gasteiger partial charge is 0.247 e. The van der Waals surface area contributed by atoms with Gasteiger partial charge in [0.2, 0.25) is 5.91 Å². The molecule has 0 saturated carbocycles. The molecule has 116 valence electrons. The Morgan fingerprint density at radius 1 is 1.27 bits per heavy atom. The Morgan fingerprint density at radius 2 is 2.09 bits per heavy atom. The largest absolute Gasteiger partial charge is 0.336 e. The summed E-state index contributed by atoms with van der Waals surface area (Å²) < 4.78 is 1.61. The van der Waals surface area contributed by atoms with Crippen LogP contribution in [0.25, 0.3) is 0 Å². The minimum Gasteiger partial charge on any atom is -0.336 e. The van der Waals surface area contributed by atoms with Crippen LogP contribution < -0.4 is 0 Å². The average Bonchev–Trinajstić information content (AvgIpc) is 3.06. The van der Waals surface area contributed by atoms with E-state index in [1.165, 1.54) is 23.0 Å². The molecule has 1 amide bonds. The number of carbonyl (C=O) groups is 1. The number of benzene rings is 1. The van der Waals surface area contributed by atoms with Gasteiger partial charge in [-0.1, -0.05) is 32.0 Å². The monoisotopic (exact) mass is 298 g/mol. The molecule has 1 aliphatic rings. The number of fused-ring (bicyclic) bond motifs is 1. The van der Waals surface area contributed by atoms with Crippen LogP contribution in [0.15, 0.2) is 30.9 Å². The first-order valence-corrected chi connectivity index (χ1v) is 7.81. The zero-order chi connectivity index (χ0) is 15.7.